The number of allylic oxidation sites excluding steroid dienone is 1. The fraction of sp³-hybridized carbons (Fsp3) is 0.357. The number of aldehydes is 1. The number of rotatable bonds is 4. The first-order chi connectivity index (χ1) is 9.90. The maximum Gasteiger partial charge on any atom is 0.416 e. The van der Waals surface area contributed by atoms with Crippen molar-refractivity contribution in [2.45, 2.75) is 18.6 Å². The van der Waals surface area contributed by atoms with Crippen molar-refractivity contribution in [2.24, 2.45) is 0 Å². The highest BCUT2D eigenvalue weighted by molar-refractivity contribution is 6.33. The first kappa shape index (κ1) is 15.7. The summed E-state index contributed by atoms with van der Waals surface area (Å²) in [6.07, 6.45) is 0.109. The van der Waals surface area contributed by atoms with Crippen molar-refractivity contribution < 1.29 is 18.0 Å². The summed E-state index contributed by atoms with van der Waals surface area (Å²) in [5, 5.41) is 3.29. The Hall–Kier alpha value is -1.69. The molecule has 0 aliphatic carbocycles. The SMILES string of the molecule is O=CC=CN1CC[C@@H](Nc2cc(C(F)(F)F)ccc2Cl)C1. The van der Waals surface area contributed by atoms with Gasteiger partial charge in [-0.05, 0) is 30.7 Å². The predicted octanol–water partition coefficient (Wildman–Crippen LogP) is 3.56. The fourth-order valence-corrected chi connectivity index (χ4v) is 2.40. The number of anilines is 1. The van der Waals surface area contributed by atoms with E-state index in [1.165, 1.54) is 12.1 Å². The van der Waals surface area contributed by atoms with Gasteiger partial charge < -0.3 is 10.2 Å². The van der Waals surface area contributed by atoms with Crippen molar-refractivity contribution in [1.82, 2.24) is 4.90 Å². The maximum absolute atomic E-state index is 12.7. The van der Waals surface area contributed by atoms with Crippen LogP contribution in [0.1, 0.15) is 12.0 Å². The molecule has 0 amide bonds. The van der Waals surface area contributed by atoms with Gasteiger partial charge in [0.15, 0.2) is 0 Å². The Balaban J connectivity index is 2.06. The number of carbonyl (C=O) groups is 1. The van der Waals surface area contributed by atoms with Crippen LogP contribution in [0.15, 0.2) is 30.5 Å². The molecule has 1 saturated heterocycles. The van der Waals surface area contributed by atoms with Gasteiger partial charge in [0.2, 0.25) is 0 Å². The summed E-state index contributed by atoms with van der Waals surface area (Å²) in [5.41, 5.74) is -0.456. The Morgan fingerprint density at radius 1 is 1.38 bits per heavy atom. The van der Waals surface area contributed by atoms with E-state index in [1.807, 2.05) is 4.90 Å². The quantitative estimate of drug-likeness (QED) is 0.680. The van der Waals surface area contributed by atoms with Crippen LogP contribution in [0.5, 0.6) is 0 Å². The molecule has 0 spiro atoms. The lowest BCUT2D eigenvalue weighted by molar-refractivity contribution is -0.137. The summed E-state index contributed by atoms with van der Waals surface area (Å²) in [4.78, 5) is 12.2. The molecule has 1 aromatic rings. The van der Waals surface area contributed by atoms with Gasteiger partial charge in [-0.1, -0.05) is 11.6 Å². The van der Waals surface area contributed by atoms with Gasteiger partial charge in [0, 0.05) is 25.3 Å². The Labute approximate surface area is 125 Å². The van der Waals surface area contributed by atoms with Crippen molar-refractivity contribution in [3.05, 3.63) is 41.1 Å². The molecule has 0 saturated carbocycles. The zero-order valence-corrected chi connectivity index (χ0v) is 11.8. The van der Waals surface area contributed by atoms with Crippen LogP contribution in [0, 0.1) is 0 Å². The summed E-state index contributed by atoms with van der Waals surface area (Å²) in [6.45, 7) is 1.34. The highest BCUT2D eigenvalue weighted by Crippen LogP contribution is 2.34. The number of benzene rings is 1. The first-order valence-electron chi connectivity index (χ1n) is 6.39. The van der Waals surface area contributed by atoms with E-state index in [1.54, 1.807) is 6.20 Å². The number of carbonyl (C=O) groups excluding carboxylic acids is 1. The number of halogens is 4. The van der Waals surface area contributed by atoms with Crippen LogP contribution in [0.3, 0.4) is 0 Å². The minimum absolute atomic E-state index is 0.0118. The number of nitrogens with zero attached hydrogens (tertiary/aromatic N) is 1. The van der Waals surface area contributed by atoms with Crippen LogP contribution in [0.4, 0.5) is 18.9 Å². The van der Waals surface area contributed by atoms with E-state index in [-0.39, 0.29) is 16.8 Å². The van der Waals surface area contributed by atoms with Crippen LogP contribution in [0.25, 0.3) is 0 Å². The topological polar surface area (TPSA) is 32.3 Å². The Morgan fingerprint density at radius 3 is 2.81 bits per heavy atom. The van der Waals surface area contributed by atoms with E-state index < -0.39 is 11.7 Å². The Morgan fingerprint density at radius 2 is 2.14 bits per heavy atom. The molecular formula is C14H14ClF3N2O. The normalized spacial score (nSPS) is 19.2. The zero-order valence-electron chi connectivity index (χ0n) is 11.0. The average molecular weight is 319 g/mol. The third-order valence-electron chi connectivity index (χ3n) is 3.25. The van der Waals surface area contributed by atoms with Crippen LogP contribution in [0.2, 0.25) is 5.02 Å². The maximum atomic E-state index is 12.7. The Bertz CT molecular complexity index is 546. The highest BCUT2D eigenvalue weighted by atomic mass is 35.5. The molecule has 1 atom stereocenters. The second-order valence-corrected chi connectivity index (χ2v) is 5.20. The monoisotopic (exact) mass is 318 g/mol. The number of hydrogen-bond acceptors (Lipinski definition) is 3. The average Bonchev–Trinajstić information content (AvgIpc) is 2.85. The van der Waals surface area contributed by atoms with Gasteiger partial charge in [-0.3, -0.25) is 4.79 Å². The molecular weight excluding hydrogens is 305 g/mol. The molecule has 0 bridgehead atoms. The lowest BCUT2D eigenvalue weighted by Gasteiger charge is -2.17. The largest absolute Gasteiger partial charge is 0.416 e. The molecule has 0 unspecified atom stereocenters. The smallest absolute Gasteiger partial charge is 0.379 e. The molecule has 0 aromatic heterocycles. The summed E-state index contributed by atoms with van der Waals surface area (Å²) in [7, 11) is 0. The highest BCUT2D eigenvalue weighted by Gasteiger charge is 2.31. The minimum Gasteiger partial charge on any atom is -0.379 e. The van der Waals surface area contributed by atoms with E-state index in [9.17, 15) is 18.0 Å². The first-order valence-corrected chi connectivity index (χ1v) is 6.77. The lowest BCUT2D eigenvalue weighted by Crippen LogP contribution is -2.23. The van der Waals surface area contributed by atoms with Gasteiger partial charge in [0.05, 0.1) is 16.3 Å². The number of hydrogen-bond donors (Lipinski definition) is 1. The number of alkyl halides is 3. The van der Waals surface area contributed by atoms with Crippen molar-refractivity contribution in [2.75, 3.05) is 18.4 Å². The van der Waals surface area contributed by atoms with Gasteiger partial charge in [-0.2, -0.15) is 13.2 Å². The molecule has 1 aliphatic rings. The molecule has 0 radical (unpaired) electrons. The fourth-order valence-electron chi connectivity index (χ4n) is 2.23. The minimum atomic E-state index is -4.39. The molecule has 1 fully saturated rings. The molecule has 21 heavy (non-hydrogen) atoms. The molecule has 1 heterocycles. The van der Waals surface area contributed by atoms with Crippen LogP contribution < -0.4 is 5.32 Å². The summed E-state index contributed by atoms with van der Waals surface area (Å²) >= 11 is 5.94. The predicted molar refractivity (Wildman–Crippen MR) is 75.3 cm³/mol. The van der Waals surface area contributed by atoms with E-state index in [2.05, 4.69) is 5.32 Å². The summed E-state index contributed by atoms with van der Waals surface area (Å²) in [6, 6.07) is 3.21. The molecule has 2 rings (SSSR count). The lowest BCUT2D eigenvalue weighted by atomic mass is 10.1. The standard InChI is InChI=1S/C14H14ClF3N2O/c15-12-3-2-10(14(16,17)18)8-13(12)19-11-4-6-20(9-11)5-1-7-21/h1-3,5,7-8,11,19H,4,6,9H2/t11-/m1/s1. The van der Waals surface area contributed by atoms with Gasteiger partial charge in [-0.15, -0.1) is 0 Å². The number of nitrogens with one attached hydrogen (secondary N) is 1. The van der Waals surface area contributed by atoms with Crippen molar-refractivity contribution >= 4 is 23.6 Å². The summed E-state index contributed by atoms with van der Waals surface area (Å²) in [5.74, 6) is 0. The second-order valence-electron chi connectivity index (χ2n) is 4.79. The molecule has 114 valence electrons. The van der Waals surface area contributed by atoms with E-state index >= 15 is 0 Å². The molecule has 1 N–H and O–H groups in total. The third-order valence-corrected chi connectivity index (χ3v) is 3.58. The van der Waals surface area contributed by atoms with Crippen molar-refractivity contribution in [1.29, 1.82) is 0 Å². The van der Waals surface area contributed by atoms with Crippen LogP contribution >= 0.6 is 11.6 Å². The second kappa shape index (κ2) is 6.39. The van der Waals surface area contributed by atoms with Gasteiger partial charge in [0.1, 0.15) is 6.29 Å². The third kappa shape index (κ3) is 4.14. The summed E-state index contributed by atoms with van der Waals surface area (Å²) < 4.78 is 38.1. The zero-order chi connectivity index (χ0) is 15.5. The van der Waals surface area contributed by atoms with Crippen molar-refractivity contribution in [3.63, 3.8) is 0 Å². The van der Waals surface area contributed by atoms with E-state index in [4.69, 9.17) is 11.6 Å². The Kier molecular flexibility index (Phi) is 4.77. The van der Waals surface area contributed by atoms with Crippen molar-refractivity contribution in [3.8, 4) is 0 Å². The van der Waals surface area contributed by atoms with Crippen LogP contribution in [-0.2, 0) is 11.0 Å². The molecule has 7 heteroatoms. The van der Waals surface area contributed by atoms with Crippen LogP contribution in [-0.4, -0.2) is 30.3 Å². The van der Waals surface area contributed by atoms with Gasteiger partial charge >= 0.3 is 6.18 Å². The van der Waals surface area contributed by atoms with E-state index in [0.717, 1.165) is 25.1 Å². The molecule has 3 nitrogen and oxygen atoms in total. The molecule has 1 aliphatic heterocycles. The van der Waals surface area contributed by atoms with Gasteiger partial charge in [0.25, 0.3) is 0 Å². The van der Waals surface area contributed by atoms with E-state index in [0.29, 0.717) is 12.8 Å². The number of likely N-dealkylation sites (tertiary alicyclic amines) is 1. The van der Waals surface area contributed by atoms with Gasteiger partial charge in [-0.25, -0.2) is 0 Å². The molecule has 1 aromatic carbocycles.